The second kappa shape index (κ2) is 6.10. The molecular formula is C13H15N3O3. The van der Waals surface area contributed by atoms with E-state index in [0.29, 0.717) is 23.8 Å². The van der Waals surface area contributed by atoms with Gasteiger partial charge >= 0.3 is 0 Å². The molecule has 2 rings (SSSR count). The number of carbonyl (C=O) groups is 1. The molecule has 6 nitrogen and oxygen atoms in total. The van der Waals surface area contributed by atoms with Crippen LogP contribution in [-0.2, 0) is 17.8 Å². The molecule has 0 radical (unpaired) electrons. The highest BCUT2D eigenvalue weighted by atomic mass is 16.5. The monoisotopic (exact) mass is 261 g/mol. The Morgan fingerprint density at radius 1 is 1.37 bits per heavy atom. The molecule has 1 aromatic heterocycles. The first-order valence-corrected chi connectivity index (χ1v) is 5.96. The number of aliphatic hydroxyl groups excluding tert-OH is 1. The summed E-state index contributed by atoms with van der Waals surface area (Å²) in [6.07, 6.45) is 0.699. The number of aryl methyl sites for hydroxylation is 2. The highest BCUT2D eigenvalue weighted by Crippen LogP contribution is 2.10. The smallest absolute Gasteiger partial charge is 0.227 e. The van der Waals surface area contributed by atoms with Gasteiger partial charge in [-0.3, -0.25) is 4.79 Å². The summed E-state index contributed by atoms with van der Waals surface area (Å²) < 4.78 is 4.93. The van der Waals surface area contributed by atoms with Gasteiger partial charge in [-0.25, -0.2) is 0 Å². The number of aliphatic hydroxyl groups is 1. The van der Waals surface area contributed by atoms with Gasteiger partial charge in [-0.2, -0.15) is 4.98 Å². The second-order valence-corrected chi connectivity index (χ2v) is 4.14. The normalized spacial score (nSPS) is 10.4. The predicted octanol–water partition coefficient (Wildman–Crippen LogP) is 1.44. The Labute approximate surface area is 110 Å². The molecule has 0 bridgehead atoms. The Kier molecular flexibility index (Phi) is 4.25. The van der Waals surface area contributed by atoms with Crippen molar-refractivity contribution in [1.29, 1.82) is 0 Å². The van der Waals surface area contributed by atoms with Crippen LogP contribution in [-0.4, -0.2) is 21.2 Å². The minimum Gasteiger partial charge on any atom is -0.392 e. The summed E-state index contributed by atoms with van der Waals surface area (Å²) in [6.45, 7) is 1.72. The van der Waals surface area contributed by atoms with E-state index in [9.17, 15) is 4.79 Å². The molecule has 1 heterocycles. The molecule has 0 spiro atoms. The van der Waals surface area contributed by atoms with E-state index in [0.717, 1.165) is 5.56 Å². The maximum Gasteiger partial charge on any atom is 0.227 e. The van der Waals surface area contributed by atoms with E-state index in [4.69, 9.17) is 9.63 Å². The van der Waals surface area contributed by atoms with E-state index in [-0.39, 0.29) is 18.9 Å². The molecule has 0 fully saturated rings. The maximum absolute atomic E-state index is 11.7. The van der Waals surface area contributed by atoms with Gasteiger partial charge in [0.15, 0.2) is 5.82 Å². The zero-order valence-corrected chi connectivity index (χ0v) is 10.6. The molecule has 100 valence electrons. The molecule has 0 saturated heterocycles. The van der Waals surface area contributed by atoms with Crippen molar-refractivity contribution < 1.29 is 14.4 Å². The van der Waals surface area contributed by atoms with Gasteiger partial charge in [-0.1, -0.05) is 17.3 Å². The van der Waals surface area contributed by atoms with Gasteiger partial charge in [-0.15, -0.1) is 0 Å². The highest BCUT2D eigenvalue weighted by Gasteiger charge is 2.07. The van der Waals surface area contributed by atoms with Crippen molar-refractivity contribution in [1.82, 2.24) is 10.1 Å². The lowest BCUT2D eigenvalue weighted by atomic mass is 10.2. The molecule has 6 heteroatoms. The molecule has 2 N–H and O–H groups in total. The Balaban J connectivity index is 1.83. The Morgan fingerprint density at radius 3 is 2.68 bits per heavy atom. The summed E-state index contributed by atoms with van der Waals surface area (Å²) in [6, 6.07) is 7.02. The summed E-state index contributed by atoms with van der Waals surface area (Å²) >= 11 is 0. The third kappa shape index (κ3) is 3.89. The van der Waals surface area contributed by atoms with E-state index in [1.54, 1.807) is 31.2 Å². The van der Waals surface area contributed by atoms with Crippen molar-refractivity contribution in [3.05, 3.63) is 41.5 Å². The van der Waals surface area contributed by atoms with Crippen LogP contribution < -0.4 is 5.32 Å². The summed E-state index contributed by atoms with van der Waals surface area (Å²) in [5.41, 5.74) is 1.50. The van der Waals surface area contributed by atoms with Crippen LogP contribution in [0.4, 0.5) is 5.69 Å². The fourth-order valence-corrected chi connectivity index (χ4v) is 1.58. The average molecular weight is 261 g/mol. The van der Waals surface area contributed by atoms with Crippen LogP contribution in [0.25, 0.3) is 0 Å². The van der Waals surface area contributed by atoms with Gasteiger partial charge in [0.1, 0.15) is 0 Å². The number of aromatic nitrogens is 2. The largest absolute Gasteiger partial charge is 0.392 e. The van der Waals surface area contributed by atoms with E-state index >= 15 is 0 Å². The summed E-state index contributed by atoms with van der Waals surface area (Å²) in [5.74, 6) is 0.908. The first kappa shape index (κ1) is 13.2. The van der Waals surface area contributed by atoms with Gasteiger partial charge in [0.2, 0.25) is 11.8 Å². The number of benzene rings is 1. The van der Waals surface area contributed by atoms with E-state index < -0.39 is 0 Å². The minimum absolute atomic E-state index is 0.00919. The van der Waals surface area contributed by atoms with Crippen LogP contribution in [0.2, 0.25) is 0 Å². The van der Waals surface area contributed by atoms with Crippen LogP contribution in [0.3, 0.4) is 0 Å². The fraction of sp³-hybridized carbons (Fsp3) is 0.308. The molecule has 0 saturated carbocycles. The SMILES string of the molecule is Cc1noc(CCC(=O)Nc2ccc(CO)cc2)n1. The van der Waals surface area contributed by atoms with Crippen LogP contribution in [0.15, 0.2) is 28.8 Å². The average Bonchev–Trinajstić information content (AvgIpc) is 2.83. The number of amides is 1. The van der Waals surface area contributed by atoms with Crippen molar-refractivity contribution in [2.75, 3.05) is 5.32 Å². The summed E-state index contributed by atoms with van der Waals surface area (Å²) in [4.78, 5) is 15.7. The number of rotatable bonds is 5. The second-order valence-electron chi connectivity index (χ2n) is 4.14. The molecule has 19 heavy (non-hydrogen) atoms. The van der Waals surface area contributed by atoms with Crippen molar-refractivity contribution in [2.45, 2.75) is 26.4 Å². The molecule has 0 aliphatic rings. The van der Waals surface area contributed by atoms with Crippen molar-refractivity contribution in [3.63, 3.8) is 0 Å². The number of carbonyl (C=O) groups excluding carboxylic acids is 1. The van der Waals surface area contributed by atoms with Crippen LogP contribution >= 0.6 is 0 Å². The Morgan fingerprint density at radius 2 is 2.11 bits per heavy atom. The number of nitrogens with one attached hydrogen (secondary N) is 1. The molecule has 1 aromatic carbocycles. The predicted molar refractivity (Wildman–Crippen MR) is 68.4 cm³/mol. The molecule has 0 unspecified atom stereocenters. The lowest BCUT2D eigenvalue weighted by Crippen LogP contribution is -2.12. The van der Waals surface area contributed by atoms with Crippen LogP contribution in [0.1, 0.15) is 23.7 Å². The van der Waals surface area contributed by atoms with Gasteiger partial charge in [0.05, 0.1) is 6.61 Å². The molecule has 0 aliphatic heterocycles. The van der Waals surface area contributed by atoms with Gasteiger partial charge in [-0.05, 0) is 24.6 Å². The minimum atomic E-state index is -0.118. The van der Waals surface area contributed by atoms with E-state index in [1.807, 2.05) is 0 Å². The molecule has 0 atom stereocenters. The van der Waals surface area contributed by atoms with Crippen LogP contribution in [0.5, 0.6) is 0 Å². The topological polar surface area (TPSA) is 88.2 Å². The first-order valence-electron chi connectivity index (χ1n) is 5.96. The Bertz CT molecular complexity index is 549. The molecule has 1 amide bonds. The van der Waals surface area contributed by atoms with Crippen molar-refractivity contribution in [3.8, 4) is 0 Å². The van der Waals surface area contributed by atoms with Crippen molar-refractivity contribution >= 4 is 11.6 Å². The third-order valence-electron chi connectivity index (χ3n) is 2.56. The fourth-order valence-electron chi connectivity index (χ4n) is 1.58. The quantitative estimate of drug-likeness (QED) is 0.850. The third-order valence-corrected chi connectivity index (χ3v) is 2.56. The van der Waals surface area contributed by atoms with Gasteiger partial charge < -0.3 is 14.9 Å². The first-order chi connectivity index (χ1) is 9.17. The zero-order valence-electron chi connectivity index (χ0n) is 10.6. The standard InChI is InChI=1S/C13H15N3O3/c1-9-14-13(19-16-9)7-6-12(18)15-11-4-2-10(8-17)3-5-11/h2-5,17H,6-8H2,1H3,(H,15,18). The summed E-state index contributed by atoms with van der Waals surface area (Å²) in [5, 5.41) is 15.3. The lowest BCUT2D eigenvalue weighted by Gasteiger charge is -2.04. The highest BCUT2D eigenvalue weighted by molar-refractivity contribution is 5.90. The number of hydrogen-bond acceptors (Lipinski definition) is 5. The summed E-state index contributed by atoms with van der Waals surface area (Å²) in [7, 11) is 0. The zero-order chi connectivity index (χ0) is 13.7. The van der Waals surface area contributed by atoms with Crippen LogP contribution in [0, 0.1) is 6.92 Å². The number of hydrogen-bond donors (Lipinski definition) is 2. The van der Waals surface area contributed by atoms with E-state index in [2.05, 4.69) is 15.5 Å². The number of nitrogens with zero attached hydrogens (tertiary/aromatic N) is 2. The van der Waals surface area contributed by atoms with Gasteiger partial charge in [0, 0.05) is 18.5 Å². The Hall–Kier alpha value is -2.21. The van der Waals surface area contributed by atoms with Gasteiger partial charge in [0.25, 0.3) is 0 Å². The molecule has 0 aliphatic carbocycles. The molecule has 2 aromatic rings. The van der Waals surface area contributed by atoms with E-state index in [1.165, 1.54) is 0 Å². The maximum atomic E-state index is 11.7. The lowest BCUT2D eigenvalue weighted by molar-refractivity contribution is -0.116. The van der Waals surface area contributed by atoms with Crippen molar-refractivity contribution in [2.24, 2.45) is 0 Å². The number of anilines is 1. The molecular weight excluding hydrogens is 246 g/mol.